The Balaban J connectivity index is 1.93. The van der Waals surface area contributed by atoms with Gasteiger partial charge in [0.05, 0.1) is 7.11 Å². The number of ether oxygens (including phenoxy) is 2. The maximum absolute atomic E-state index is 11.9. The highest BCUT2D eigenvalue weighted by atomic mass is 16.6. The van der Waals surface area contributed by atoms with E-state index in [1.807, 2.05) is 20.8 Å². The molecule has 0 saturated carbocycles. The maximum Gasteiger partial charge on any atom is 0.407 e. The van der Waals surface area contributed by atoms with Crippen molar-refractivity contribution in [3.05, 3.63) is 0 Å². The highest BCUT2D eigenvalue weighted by molar-refractivity contribution is 5.80. The van der Waals surface area contributed by atoms with E-state index in [-0.39, 0.29) is 30.2 Å². The molecule has 0 aromatic heterocycles. The number of methoxy groups -OCH3 is 1. The van der Waals surface area contributed by atoms with E-state index in [1.54, 1.807) is 0 Å². The van der Waals surface area contributed by atoms with Gasteiger partial charge in [0, 0.05) is 18.1 Å². The number of hydrogen-bond donors (Lipinski definition) is 1. The molecule has 6 heteroatoms. The van der Waals surface area contributed by atoms with E-state index in [1.165, 1.54) is 7.11 Å². The molecular weight excluding hydrogens is 272 g/mol. The van der Waals surface area contributed by atoms with Crippen LogP contribution in [-0.2, 0) is 14.3 Å². The van der Waals surface area contributed by atoms with E-state index in [0.717, 1.165) is 19.3 Å². The zero-order valence-electron chi connectivity index (χ0n) is 13.5. The number of fused-ring (bicyclic) bond motifs is 1. The van der Waals surface area contributed by atoms with Crippen molar-refractivity contribution in [2.45, 2.75) is 76.7 Å². The van der Waals surface area contributed by atoms with Gasteiger partial charge < -0.3 is 14.8 Å². The van der Waals surface area contributed by atoms with Crippen LogP contribution in [0.2, 0.25) is 0 Å². The first-order chi connectivity index (χ1) is 9.76. The molecule has 1 N–H and O–H groups in total. The molecule has 0 aromatic rings. The van der Waals surface area contributed by atoms with Crippen molar-refractivity contribution < 1.29 is 19.1 Å². The van der Waals surface area contributed by atoms with E-state index in [4.69, 9.17) is 9.47 Å². The third kappa shape index (κ3) is 3.67. The van der Waals surface area contributed by atoms with E-state index in [2.05, 4.69) is 17.1 Å². The molecule has 2 aliphatic heterocycles. The Morgan fingerprint density at radius 2 is 1.95 bits per heavy atom. The Kier molecular flexibility index (Phi) is 4.46. The van der Waals surface area contributed by atoms with Crippen LogP contribution < -0.4 is 5.32 Å². The lowest BCUT2D eigenvalue weighted by Gasteiger charge is -2.30. The van der Waals surface area contributed by atoms with Gasteiger partial charge in [-0.15, -0.1) is 0 Å². The van der Waals surface area contributed by atoms with Crippen molar-refractivity contribution in [3.63, 3.8) is 0 Å². The van der Waals surface area contributed by atoms with E-state index in [9.17, 15) is 9.59 Å². The minimum absolute atomic E-state index is 0.0562. The summed E-state index contributed by atoms with van der Waals surface area (Å²) in [6, 6.07) is 0.426. The number of carbonyl (C=O) groups is 2. The van der Waals surface area contributed by atoms with Crippen LogP contribution in [-0.4, -0.2) is 53.8 Å². The summed E-state index contributed by atoms with van der Waals surface area (Å²) in [6.07, 6.45) is 2.19. The lowest BCUT2D eigenvalue weighted by molar-refractivity contribution is -0.141. The Morgan fingerprint density at radius 3 is 2.48 bits per heavy atom. The minimum atomic E-state index is -0.497. The first-order valence-electron chi connectivity index (χ1n) is 7.61. The number of nitrogens with zero attached hydrogens (tertiary/aromatic N) is 1. The highest BCUT2D eigenvalue weighted by Crippen LogP contribution is 2.42. The summed E-state index contributed by atoms with van der Waals surface area (Å²) >= 11 is 0. The molecule has 5 atom stereocenters. The molecule has 2 aliphatic rings. The smallest absolute Gasteiger partial charge is 0.407 e. The summed E-state index contributed by atoms with van der Waals surface area (Å²) in [5.74, 6) is -0.170. The number of hydrogen-bond acceptors (Lipinski definition) is 5. The number of amides is 1. The van der Waals surface area contributed by atoms with Crippen LogP contribution in [0.15, 0.2) is 0 Å². The molecule has 0 bridgehead atoms. The molecule has 0 radical (unpaired) electrons. The summed E-state index contributed by atoms with van der Waals surface area (Å²) in [6.45, 7) is 7.64. The zero-order valence-corrected chi connectivity index (χ0v) is 13.5. The van der Waals surface area contributed by atoms with Crippen molar-refractivity contribution in [2.75, 3.05) is 7.11 Å². The molecule has 120 valence electrons. The SMILES string of the molecule is CCC1CC(NC(=O)OC(C)(C)C)CC2C(C(=O)OC)N12. The quantitative estimate of drug-likeness (QED) is 0.634. The Labute approximate surface area is 126 Å². The fraction of sp³-hybridized carbons (Fsp3) is 0.867. The van der Waals surface area contributed by atoms with Crippen LogP contribution in [0.1, 0.15) is 47.0 Å². The van der Waals surface area contributed by atoms with Gasteiger partial charge in [0.1, 0.15) is 11.6 Å². The predicted molar refractivity (Wildman–Crippen MR) is 77.9 cm³/mol. The minimum Gasteiger partial charge on any atom is -0.468 e. The summed E-state index contributed by atoms with van der Waals surface area (Å²) in [5.41, 5.74) is -0.497. The molecule has 2 fully saturated rings. The molecule has 2 rings (SSSR count). The fourth-order valence-corrected chi connectivity index (χ4v) is 3.25. The molecule has 2 saturated heterocycles. The van der Waals surface area contributed by atoms with Gasteiger partial charge in [0.2, 0.25) is 0 Å². The van der Waals surface area contributed by atoms with Gasteiger partial charge in [-0.1, -0.05) is 6.92 Å². The summed E-state index contributed by atoms with van der Waals surface area (Å²) in [7, 11) is 1.42. The van der Waals surface area contributed by atoms with Crippen LogP contribution in [0.4, 0.5) is 4.79 Å². The normalized spacial score (nSPS) is 34.6. The molecular formula is C15H26N2O4. The second-order valence-corrected chi connectivity index (χ2v) is 6.86. The second kappa shape index (κ2) is 5.83. The van der Waals surface area contributed by atoms with E-state index < -0.39 is 5.60 Å². The Morgan fingerprint density at radius 1 is 1.29 bits per heavy atom. The van der Waals surface area contributed by atoms with E-state index in [0.29, 0.717) is 6.04 Å². The Bertz CT molecular complexity index is 418. The van der Waals surface area contributed by atoms with Crippen molar-refractivity contribution in [3.8, 4) is 0 Å². The van der Waals surface area contributed by atoms with Gasteiger partial charge in [-0.3, -0.25) is 9.69 Å². The van der Waals surface area contributed by atoms with Crippen LogP contribution in [0.5, 0.6) is 0 Å². The van der Waals surface area contributed by atoms with Crippen LogP contribution in [0, 0.1) is 0 Å². The molecule has 6 nitrogen and oxygen atoms in total. The molecule has 0 spiro atoms. The van der Waals surface area contributed by atoms with Crippen molar-refractivity contribution in [2.24, 2.45) is 0 Å². The topological polar surface area (TPSA) is 67.6 Å². The van der Waals surface area contributed by atoms with Gasteiger partial charge in [-0.2, -0.15) is 0 Å². The number of alkyl carbamates (subject to hydrolysis) is 1. The molecule has 21 heavy (non-hydrogen) atoms. The van der Waals surface area contributed by atoms with Gasteiger partial charge in [-0.05, 0) is 40.0 Å². The number of nitrogens with one attached hydrogen (secondary N) is 1. The highest BCUT2D eigenvalue weighted by Gasteiger charge is 2.59. The number of piperidine rings is 1. The largest absolute Gasteiger partial charge is 0.468 e. The van der Waals surface area contributed by atoms with Crippen LogP contribution in [0.3, 0.4) is 0 Å². The van der Waals surface area contributed by atoms with Crippen LogP contribution >= 0.6 is 0 Å². The second-order valence-electron chi connectivity index (χ2n) is 6.86. The number of carbonyl (C=O) groups excluding carboxylic acids is 2. The lowest BCUT2D eigenvalue weighted by atomic mass is 9.97. The first kappa shape index (κ1) is 16.1. The van der Waals surface area contributed by atoms with Crippen molar-refractivity contribution in [1.82, 2.24) is 10.2 Å². The lowest BCUT2D eigenvalue weighted by Crippen LogP contribution is -2.45. The maximum atomic E-state index is 11.9. The third-order valence-corrected chi connectivity index (χ3v) is 4.12. The van der Waals surface area contributed by atoms with Gasteiger partial charge in [0.15, 0.2) is 0 Å². The average Bonchev–Trinajstić information content (AvgIpc) is 3.08. The first-order valence-corrected chi connectivity index (χ1v) is 7.61. The van der Waals surface area contributed by atoms with Crippen molar-refractivity contribution in [1.29, 1.82) is 0 Å². The van der Waals surface area contributed by atoms with Gasteiger partial charge >= 0.3 is 12.1 Å². The summed E-state index contributed by atoms with van der Waals surface area (Å²) < 4.78 is 10.1. The Hall–Kier alpha value is -1.30. The van der Waals surface area contributed by atoms with E-state index >= 15 is 0 Å². The predicted octanol–water partition coefficient (Wildman–Crippen LogP) is 1.68. The monoisotopic (exact) mass is 298 g/mol. The van der Waals surface area contributed by atoms with Crippen molar-refractivity contribution >= 4 is 12.1 Å². The molecule has 0 aliphatic carbocycles. The molecule has 1 amide bonds. The number of esters is 1. The summed E-state index contributed by atoms with van der Waals surface area (Å²) in [4.78, 5) is 25.8. The molecule has 5 unspecified atom stereocenters. The third-order valence-electron chi connectivity index (χ3n) is 4.12. The molecule has 0 aromatic carbocycles. The number of rotatable bonds is 3. The fourth-order valence-electron chi connectivity index (χ4n) is 3.25. The van der Waals surface area contributed by atoms with Crippen LogP contribution in [0.25, 0.3) is 0 Å². The van der Waals surface area contributed by atoms with Gasteiger partial charge in [-0.25, -0.2) is 4.79 Å². The standard InChI is InChI=1S/C15H26N2O4/c1-6-10-7-9(16-14(19)21-15(2,3)4)8-11-12(17(10)11)13(18)20-5/h9-12H,6-8H2,1-5H3,(H,16,19). The zero-order chi connectivity index (χ0) is 15.8. The molecule has 2 heterocycles. The van der Waals surface area contributed by atoms with Gasteiger partial charge in [0.25, 0.3) is 0 Å². The summed E-state index contributed by atoms with van der Waals surface area (Å²) in [5, 5.41) is 2.93. The average molecular weight is 298 g/mol.